The van der Waals surface area contributed by atoms with Crippen LogP contribution in [0.1, 0.15) is 24.1 Å². The molecule has 1 aliphatic heterocycles. The van der Waals surface area contributed by atoms with Crippen molar-refractivity contribution in [3.8, 4) is 0 Å². The molecule has 0 fully saturated rings. The van der Waals surface area contributed by atoms with Gasteiger partial charge in [0, 0.05) is 6.04 Å². The van der Waals surface area contributed by atoms with E-state index in [9.17, 15) is 4.39 Å². The summed E-state index contributed by atoms with van der Waals surface area (Å²) in [6, 6.07) is 3.76. The fourth-order valence-electron chi connectivity index (χ4n) is 1.79. The Labute approximate surface area is 81.9 Å². The zero-order valence-electron chi connectivity index (χ0n) is 7.40. The number of nitrogens with one attached hydrogen (secondary N) is 1. The van der Waals surface area contributed by atoms with Gasteiger partial charge < -0.3 is 5.32 Å². The number of benzene rings is 1. The maximum atomic E-state index is 13.5. The number of fused-ring (bicyclic) bond motifs is 1. The molecule has 2 rings (SSSR count). The lowest BCUT2D eigenvalue weighted by molar-refractivity contribution is 0.513. The Bertz CT molecular complexity index is 338. The number of hydrogen-bond acceptors (Lipinski definition) is 1. The average molecular weight is 200 g/mol. The van der Waals surface area contributed by atoms with Crippen LogP contribution >= 0.6 is 11.6 Å². The third-order valence-corrected chi connectivity index (χ3v) is 2.82. The van der Waals surface area contributed by atoms with Crippen LogP contribution < -0.4 is 5.32 Å². The molecule has 0 aromatic heterocycles. The van der Waals surface area contributed by atoms with Crippen molar-refractivity contribution in [2.45, 2.75) is 19.4 Å². The molecule has 1 N–H and O–H groups in total. The van der Waals surface area contributed by atoms with E-state index in [2.05, 4.69) is 5.32 Å². The van der Waals surface area contributed by atoms with E-state index in [4.69, 9.17) is 11.6 Å². The number of hydrogen-bond donors (Lipinski definition) is 1. The molecule has 1 heterocycles. The molecule has 0 amide bonds. The van der Waals surface area contributed by atoms with Crippen LogP contribution in [0, 0.1) is 5.82 Å². The van der Waals surface area contributed by atoms with Crippen LogP contribution in [-0.2, 0) is 6.42 Å². The van der Waals surface area contributed by atoms with Gasteiger partial charge in [-0.2, -0.15) is 0 Å². The highest BCUT2D eigenvalue weighted by molar-refractivity contribution is 6.30. The maximum Gasteiger partial charge on any atom is 0.145 e. The van der Waals surface area contributed by atoms with Gasteiger partial charge in [-0.1, -0.05) is 17.7 Å². The number of rotatable bonds is 0. The van der Waals surface area contributed by atoms with E-state index in [-0.39, 0.29) is 16.9 Å². The van der Waals surface area contributed by atoms with E-state index in [1.54, 1.807) is 6.07 Å². The first-order valence-corrected chi connectivity index (χ1v) is 4.78. The van der Waals surface area contributed by atoms with E-state index < -0.39 is 0 Å². The lowest BCUT2D eigenvalue weighted by Gasteiger charge is -2.24. The minimum absolute atomic E-state index is 0.229. The molecule has 1 aromatic carbocycles. The highest BCUT2D eigenvalue weighted by Gasteiger charge is 2.19. The van der Waals surface area contributed by atoms with Crippen molar-refractivity contribution in [1.29, 1.82) is 0 Å². The van der Waals surface area contributed by atoms with Crippen molar-refractivity contribution in [3.05, 3.63) is 34.1 Å². The van der Waals surface area contributed by atoms with Crippen molar-refractivity contribution >= 4 is 11.6 Å². The van der Waals surface area contributed by atoms with Crippen molar-refractivity contribution in [2.75, 3.05) is 6.54 Å². The second-order valence-corrected chi connectivity index (χ2v) is 3.76. The predicted octanol–water partition coefficient (Wildman–Crippen LogP) is 2.69. The Morgan fingerprint density at radius 3 is 3.08 bits per heavy atom. The predicted molar refractivity (Wildman–Crippen MR) is 51.5 cm³/mol. The molecule has 0 aliphatic carbocycles. The third-order valence-electron chi connectivity index (χ3n) is 2.52. The van der Waals surface area contributed by atoms with Gasteiger partial charge in [0.2, 0.25) is 0 Å². The fraction of sp³-hybridized carbons (Fsp3) is 0.400. The smallest absolute Gasteiger partial charge is 0.145 e. The Morgan fingerprint density at radius 2 is 2.31 bits per heavy atom. The summed E-state index contributed by atoms with van der Waals surface area (Å²) >= 11 is 5.70. The normalized spacial score (nSPS) is 21.3. The van der Waals surface area contributed by atoms with E-state index in [0.717, 1.165) is 24.1 Å². The lowest BCUT2D eigenvalue weighted by Crippen LogP contribution is -2.28. The lowest BCUT2D eigenvalue weighted by atomic mass is 9.95. The van der Waals surface area contributed by atoms with E-state index in [0.29, 0.717) is 0 Å². The number of halogens is 2. The first-order valence-electron chi connectivity index (χ1n) is 4.40. The summed E-state index contributed by atoms with van der Waals surface area (Å²) in [5, 5.41) is 3.50. The van der Waals surface area contributed by atoms with Gasteiger partial charge in [-0.3, -0.25) is 0 Å². The summed E-state index contributed by atoms with van der Waals surface area (Å²) in [5.41, 5.74) is 1.81. The van der Waals surface area contributed by atoms with Crippen molar-refractivity contribution in [2.24, 2.45) is 0 Å². The molecule has 3 heteroatoms. The molecule has 1 aliphatic rings. The van der Waals surface area contributed by atoms with Gasteiger partial charge in [0.05, 0.1) is 5.02 Å². The zero-order valence-corrected chi connectivity index (χ0v) is 8.16. The Hall–Kier alpha value is -0.600. The molecule has 0 saturated carbocycles. The summed E-state index contributed by atoms with van der Waals surface area (Å²) in [5.74, 6) is -0.243. The van der Waals surface area contributed by atoms with E-state index in [1.807, 2.05) is 13.0 Å². The molecule has 0 radical (unpaired) electrons. The van der Waals surface area contributed by atoms with Gasteiger partial charge in [-0.25, -0.2) is 4.39 Å². The molecule has 1 aromatic rings. The fourth-order valence-corrected chi connectivity index (χ4v) is 1.97. The van der Waals surface area contributed by atoms with Crippen LogP contribution in [0.25, 0.3) is 0 Å². The highest BCUT2D eigenvalue weighted by Crippen LogP contribution is 2.28. The molecule has 0 saturated heterocycles. The van der Waals surface area contributed by atoms with Crippen LogP contribution in [-0.4, -0.2) is 6.54 Å². The topological polar surface area (TPSA) is 12.0 Å². The molecular weight excluding hydrogens is 189 g/mol. The first-order chi connectivity index (χ1) is 6.20. The quantitative estimate of drug-likeness (QED) is 0.678. The van der Waals surface area contributed by atoms with Crippen LogP contribution in [0.2, 0.25) is 5.02 Å². The first kappa shape index (κ1) is 8.97. The second-order valence-electron chi connectivity index (χ2n) is 3.35. The Morgan fingerprint density at radius 1 is 1.54 bits per heavy atom. The second kappa shape index (κ2) is 3.28. The van der Waals surface area contributed by atoms with E-state index >= 15 is 0 Å². The van der Waals surface area contributed by atoms with Gasteiger partial charge in [0.25, 0.3) is 0 Å². The summed E-state index contributed by atoms with van der Waals surface area (Å²) in [6.45, 7) is 2.86. The standard InChI is InChI=1S/C10H11ClFN/c1-6-7-2-3-9(11)10(12)8(7)4-5-13-6/h2-3,6,13H,4-5H2,1H3/t6-/m0/s1. The Kier molecular flexibility index (Phi) is 2.26. The molecule has 0 bridgehead atoms. The summed E-state index contributed by atoms with van der Waals surface area (Å²) in [4.78, 5) is 0. The van der Waals surface area contributed by atoms with Crippen molar-refractivity contribution < 1.29 is 4.39 Å². The van der Waals surface area contributed by atoms with Crippen LogP contribution in [0.5, 0.6) is 0 Å². The molecule has 1 nitrogen and oxygen atoms in total. The molecule has 70 valence electrons. The third kappa shape index (κ3) is 1.45. The minimum Gasteiger partial charge on any atom is -0.310 e. The molecule has 13 heavy (non-hydrogen) atoms. The van der Waals surface area contributed by atoms with Gasteiger partial charge in [0.1, 0.15) is 5.82 Å². The Balaban J connectivity index is 2.56. The van der Waals surface area contributed by atoms with Crippen LogP contribution in [0.15, 0.2) is 12.1 Å². The van der Waals surface area contributed by atoms with Gasteiger partial charge in [-0.15, -0.1) is 0 Å². The highest BCUT2D eigenvalue weighted by atomic mass is 35.5. The largest absolute Gasteiger partial charge is 0.310 e. The van der Waals surface area contributed by atoms with Crippen LogP contribution in [0.4, 0.5) is 4.39 Å². The summed E-state index contributed by atoms with van der Waals surface area (Å²) in [6.07, 6.45) is 0.728. The molecule has 0 spiro atoms. The van der Waals surface area contributed by atoms with Gasteiger partial charge in [0.15, 0.2) is 0 Å². The minimum atomic E-state index is -0.243. The SMILES string of the molecule is C[C@@H]1NCCc2c1ccc(Cl)c2F. The molecular formula is C10H11ClFN. The summed E-state index contributed by atoms with van der Waals surface area (Å²) in [7, 11) is 0. The monoisotopic (exact) mass is 199 g/mol. The molecule has 1 atom stereocenters. The zero-order chi connectivity index (χ0) is 9.42. The summed E-state index contributed by atoms with van der Waals surface area (Å²) < 4.78 is 13.5. The van der Waals surface area contributed by atoms with Crippen molar-refractivity contribution in [3.63, 3.8) is 0 Å². The van der Waals surface area contributed by atoms with Crippen LogP contribution in [0.3, 0.4) is 0 Å². The van der Waals surface area contributed by atoms with Gasteiger partial charge >= 0.3 is 0 Å². The average Bonchev–Trinajstić information content (AvgIpc) is 2.12. The maximum absolute atomic E-state index is 13.5. The molecule has 0 unspecified atom stereocenters. The van der Waals surface area contributed by atoms with E-state index in [1.165, 1.54) is 0 Å². The van der Waals surface area contributed by atoms with Gasteiger partial charge in [-0.05, 0) is 37.1 Å². The van der Waals surface area contributed by atoms with Crippen molar-refractivity contribution in [1.82, 2.24) is 5.32 Å².